The van der Waals surface area contributed by atoms with Gasteiger partial charge in [-0.15, -0.1) is 0 Å². The zero-order chi connectivity index (χ0) is 15.7. The zero-order valence-electron chi connectivity index (χ0n) is 13.5. The van der Waals surface area contributed by atoms with Crippen LogP contribution in [0, 0.1) is 0 Å². The Hall–Kier alpha value is -1.39. The molecule has 4 heteroatoms. The van der Waals surface area contributed by atoms with E-state index >= 15 is 0 Å². The van der Waals surface area contributed by atoms with Crippen LogP contribution in [0.25, 0.3) is 0 Å². The van der Waals surface area contributed by atoms with Crippen molar-refractivity contribution in [3.63, 3.8) is 0 Å². The molecule has 0 saturated carbocycles. The van der Waals surface area contributed by atoms with E-state index in [4.69, 9.17) is 5.11 Å². The monoisotopic (exact) mass is 292 g/mol. The van der Waals surface area contributed by atoms with Crippen molar-refractivity contribution in [1.29, 1.82) is 0 Å². The molecular formula is C17H28N2O2. The maximum atomic E-state index is 12.6. The molecule has 118 valence electrons. The van der Waals surface area contributed by atoms with Crippen LogP contribution in [0.3, 0.4) is 0 Å². The average molecular weight is 292 g/mol. The number of hydrogen-bond donors (Lipinski definition) is 1. The molecule has 21 heavy (non-hydrogen) atoms. The number of para-hydroxylation sites is 1. The molecule has 0 aliphatic heterocycles. The van der Waals surface area contributed by atoms with Gasteiger partial charge in [-0.05, 0) is 38.9 Å². The van der Waals surface area contributed by atoms with Gasteiger partial charge in [0.2, 0.25) is 5.91 Å². The Bertz CT molecular complexity index is 407. The quantitative estimate of drug-likeness (QED) is 0.760. The highest BCUT2D eigenvalue weighted by Crippen LogP contribution is 2.17. The fourth-order valence-corrected chi connectivity index (χ4v) is 2.38. The second kappa shape index (κ2) is 9.53. The van der Waals surface area contributed by atoms with Gasteiger partial charge in [0, 0.05) is 18.3 Å². The lowest BCUT2D eigenvalue weighted by Gasteiger charge is -2.30. The third kappa shape index (κ3) is 5.86. The molecule has 0 spiro atoms. The Balaban J connectivity index is 2.76. The minimum atomic E-state index is 0.0840. The lowest BCUT2D eigenvalue weighted by atomic mass is 10.2. The molecule has 0 aliphatic carbocycles. The summed E-state index contributed by atoms with van der Waals surface area (Å²) in [5.41, 5.74) is 0.928. The van der Waals surface area contributed by atoms with Crippen LogP contribution in [0.1, 0.15) is 33.6 Å². The van der Waals surface area contributed by atoms with Gasteiger partial charge in [0.1, 0.15) is 0 Å². The van der Waals surface area contributed by atoms with Gasteiger partial charge >= 0.3 is 0 Å². The summed E-state index contributed by atoms with van der Waals surface area (Å²) < 4.78 is 0. The van der Waals surface area contributed by atoms with Crippen molar-refractivity contribution in [2.75, 3.05) is 31.1 Å². The first kappa shape index (κ1) is 17.7. The van der Waals surface area contributed by atoms with E-state index in [9.17, 15) is 4.79 Å². The summed E-state index contributed by atoms with van der Waals surface area (Å²) in [6.45, 7) is 8.01. The fourth-order valence-electron chi connectivity index (χ4n) is 2.38. The average Bonchev–Trinajstić information content (AvgIpc) is 2.46. The Labute approximate surface area is 128 Å². The molecule has 1 amide bonds. The number of aliphatic hydroxyl groups is 1. The summed E-state index contributed by atoms with van der Waals surface area (Å²) in [6.07, 6.45) is 2.13. The summed E-state index contributed by atoms with van der Waals surface area (Å²) in [7, 11) is 0. The number of aliphatic hydroxyl groups excluding tert-OH is 1. The summed E-state index contributed by atoms with van der Waals surface area (Å²) in [6, 6.07) is 9.87. The van der Waals surface area contributed by atoms with Gasteiger partial charge in [-0.3, -0.25) is 9.69 Å². The standard InChI is InChI=1S/C17H28N2O2/c1-4-5-11-18(12-13-20)14-17(21)19(15(2)3)16-9-7-6-8-10-16/h6-10,15,20H,4-5,11-14H2,1-3H3. The van der Waals surface area contributed by atoms with E-state index in [0.29, 0.717) is 13.1 Å². The molecule has 0 radical (unpaired) electrons. The van der Waals surface area contributed by atoms with E-state index in [1.807, 2.05) is 54.0 Å². The number of anilines is 1. The molecule has 1 aromatic rings. The van der Waals surface area contributed by atoms with Crippen molar-refractivity contribution in [3.05, 3.63) is 30.3 Å². The largest absolute Gasteiger partial charge is 0.395 e. The zero-order valence-corrected chi connectivity index (χ0v) is 13.5. The number of amides is 1. The number of rotatable bonds is 9. The highest BCUT2D eigenvalue weighted by molar-refractivity contribution is 5.95. The van der Waals surface area contributed by atoms with Crippen LogP contribution in [-0.2, 0) is 4.79 Å². The summed E-state index contributed by atoms with van der Waals surface area (Å²) in [5.74, 6) is 0.0840. The molecule has 0 saturated heterocycles. The highest BCUT2D eigenvalue weighted by Gasteiger charge is 2.21. The molecule has 1 aromatic carbocycles. The van der Waals surface area contributed by atoms with Crippen molar-refractivity contribution in [2.45, 2.75) is 39.7 Å². The number of carbonyl (C=O) groups excluding carboxylic acids is 1. The van der Waals surface area contributed by atoms with E-state index in [1.54, 1.807) is 0 Å². The Morgan fingerprint density at radius 1 is 1.19 bits per heavy atom. The Morgan fingerprint density at radius 3 is 2.38 bits per heavy atom. The number of unbranched alkanes of at least 4 members (excludes halogenated alkanes) is 1. The first-order chi connectivity index (χ1) is 10.1. The normalized spacial score (nSPS) is 11.1. The van der Waals surface area contributed by atoms with Crippen LogP contribution in [0.2, 0.25) is 0 Å². The summed E-state index contributed by atoms with van der Waals surface area (Å²) >= 11 is 0. The van der Waals surface area contributed by atoms with Crippen LogP contribution < -0.4 is 4.90 Å². The fraction of sp³-hybridized carbons (Fsp3) is 0.588. The summed E-state index contributed by atoms with van der Waals surface area (Å²) in [5, 5.41) is 9.15. The van der Waals surface area contributed by atoms with Gasteiger partial charge in [-0.1, -0.05) is 31.5 Å². The molecule has 0 bridgehead atoms. The maximum absolute atomic E-state index is 12.6. The third-order valence-corrected chi connectivity index (χ3v) is 3.42. The predicted octanol–water partition coefficient (Wildman–Crippen LogP) is 2.52. The molecule has 0 heterocycles. The van der Waals surface area contributed by atoms with E-state index in [2.05, 4.69) is 6.92 Å². The summed E-state index contributed by atoms with van der Waals surface area (Å²) in [4.78, 5) is 16.5. The van der Waals surface area contributed by atoms with Crippen LogP contribution in [0.15, 0.2) is 30.3 Å². The van der Waals surface area contributed by atoms with Gasteiger partial charge in [-0.25, -0.2) is 0 Å². The van der Waals surface area contributed by atoms with Gasteiger partial charge in [0.15, 0.2) is 0 Å². The van der Waals surface area contributed by atoms with Crippen LogP contribution in [-0.4, -0.2) is 48.2 Å². The number of benzene rings is 1. The van der Waals surface area contributed by atoms with Gasteiger partial charge in [-0.2, -0.15) is 0 Å². The molecule has 4 nitrogen and oxygen atoms in total. The molecule has 1 rings (SSSR count). The Morgan fingerprint density at radius 2 is 1.86 bits per heavy atom. The van der Waals surface area contributed by atoms with Crippen molar-refractivity contribution >= 4 is 11.6 Å². The van der Waals surface area contributed by atoms with E-state index in [-0.39, 0.29) is 18.6 Å². The van der Waals surface area contributed by atoms with Gasteiger partial charge < -0.3 is 10.0 Å². The van der Waals surface area contributed by atoms with Crippen molar-refractivity contribution in [3.8, 4) is 0 Å². The van der Waals surface area contributed by atoms with Gasteiger partial charge in [0.25, 0.3) is 0 Å². The molecule has 0 aromatic heterocycles. The molecule has 0 fully saturated rings. The van der Waals surface area contributed by atoms with Crippen LogP contribution >= 0.6 is 0 Å². The third-order valence-electron chi connectivity index (χ3n) is 3.42. The van der Waals surface area contributed by atoms with Crippen LogP contribution in [0.5, 0.6) is 0 Å². The second-order valence-corrected chi connectivity index (χ2v) is 5.55. The topological polar surface area (TPSA) is 43.8 Å². The van der Waals surface area contributed by atoms with E-state index in [0.717, 1.165) is 25.1 Å². The number of nitrogens with zero attached hydrogens (tertiary/aromatic N) is 2. The van der Waals surface area contributed by atoms with Crippen molar-refractivity contribution < 1.29 is 9.90 Å². The second-order valence-electron chi connectivity index (χ2n) is 5.55. The molecule has 0 unspecified atom stereocenters. The van der Waals surface area contributed by atoms with Crippen molar-refractivity contribution in [2.24, 2.45) is 0 Å². The molecule has 0 atom stereocenters. The number of hydrogen-bond acceptors (Lipinski definition) is 3. The smallest absolute Gasteiger partial charge is 0.241 e. The van der Waals surface area contributed by atoms with Gasteiger partial charge in [0.05, 0.1) is 13.2 Å². The maximum Gasteiger partial charge on any atom is 0.241 e. The first-order valence-electron chi connectivity index (χ1n) is 7.80. The molecular weight excluding hydrogens is 264 g/mol. The number of carbonyl (C=O) groups is 1. The minimum Gasteiger partial charge on any atom is -0.395 e. The lowest BCUT2D eigenvalue weighted by Crippen LogP contribution is -2.44. The van der Waals surface area contributed by atoms with Crippen molar-refractivity contribution in [1.82, 2.24) is 4.90 Å². The molecule has 1 N–H and O–H groups in total. The van der Waals surface area contributed by atoms with E-state index in [1.165, 1.54) is 0 Å². The highest BCUT2D eigenvalue weighted by atomic mass is 16.3. The van der Waals surface area contributed by atoms with Crippen LogP contribution in [0.4, 0.5) is 5.69 Å². The SMILES string of the molecule is CCCCN(CCO)CC(=O)N(c1ccccc1)C(C)C. The predicted molar refractivity (Wildman–Crippen MR) is 87.5 cm³/mol. The minimum absolute atomic E-state index is 0.0840. The first-order valence-corrected chi connectivity index (χ1v) is 7.80. The van der Waals surface area contributed by atoms with E-state index < -0.39 is 0 Å². The molecule has 0 aliphatic rings. The Kier molecular flexibility index (Phi) is 8.01. The lowest BCUT2D eigenvalue weighted by molar-refractivity contribution is -0.120.